The van der Waals surface area contributed by atoms with Crippen molar-refractivity contribution in [3.05, 3.63) is 48.5 Å². The summed E-state index contributed by atoms with van der Waals surface area (Å²) < 4.78 is 33.0. The molecule has 0 aromatic heterocycles. The van der Waals surface area contributed by atoms with E-state index in [1.807, 2.05) is 0 Å². The Morgan fingerprint density at radius 2 is 0.812 bits per heavy atom. The van der Waals surface area contributed by atoms with Crippen LogP contribution in [0.15, 0.2) is 48.5 Å². The number of benzene rings is 2. The average molecular weight is 667 g/mol. The number of amides is 2. The Labute approximate surface area is 281 Å². The van der Waals surface area contributed by atoms with Crippen LogP contribution in [0.25, 0.3) is 0 Å². The van der Waals surface area contributed by atoms with Crippen LogP contribution in [0.2, 0.25) is 0 Å². The van der Waals surface area contributed by atoms with E-state index in [0.29, 0.717) is 48.7 Å². The standard InChI is InChI=1S/C36H46N2O10/c39-33(47-31-15-11-29(12-16-31)43-23-25-45-35(41)37-19-3-1-4-20-37)27-7-9-28(10-8-27)34(40)48-32-17-13-30(14-18-32)44-24-26-46-36(42)38-21-5-2-6-22-38/h11-18,27-28H,1-10,19-26H2. The third-order valence-corrected chi connectivity index (χ3v) is 8.86. The molecule has 48 heavy (non-hydrogen) atoms. The molecule has 3 aliphatic rings. The zero-order valence-electron chi connectivity index (χ0n) is 27.5. The maximum absolute atomic E-state index is 12.8. The van der Waals surface area contributed by atoms with Crippen LogP contribution in [0, 0.1) is 11.8 Å². The summed E-state index contributed by atoms with van der Waals surface area (Å²) in [4.78, 5) is 53.2. The summed E-state index contributed by atoms with van der Waals surface area (Å²) >= 11 is 0. The Bertz CT molecular complexity index is 1230. The quantitative estimate of drug-likeness (QED) is 0.151. The molecule has 3 fully saturated rings. The van der Waals surface area contributed by atoms with Gasteiger partial charge >= 0.3 is 24.1 Å². The predicted octanol–water partition coefficient (Wildman–Crippen LogP) is 6.01. The molecule has 260 valence electrons. The van der Waals surface area contributed by atoms with Crippen molar-refractivity contribution in [1.29, 1.82) is 0 Å². The average Bonchev–Trinajstić information content (AvgIpc) is 3.13. The number of hydrogen-bond donors (Lipinski definition) is 0. The van der Waals surface area contributed by atoms with Crippen molar-refractivity contribution in [2.75, 3.05) is 52.6 Å². The minimum Gasteiger partial charge on any atom is -0.490 e. The molecule has 2 aliphatic heterocycles. The lowest BCUT2D eigenvalue weighted by molar-refractivity contribution is -0.145. The molecule has 0 atom stereocenters. The lowest BCUT2D eigenvalue weighted by Gasteiger charge is -2.26. The Hall–Kier alpha value is -4.48. The van der Waals surface area contributed by atoms with Gasteiger partial charge in [-0.3, -0.25) is 9.59 Å². The molecule has 12 heteroatoms. The first-order chi connectivity index (χ1) is 23.4. The second-order valence-electron chi connectivity index (χ2n) is 12.4. The highest BCUT2D eigenvalue weighted by Gasteiger charge is 2.32. The van der Waals surface area contributed by atoms with Crippen LogP contribution in [0.1, 0.15) is 64.2 Å². The van der Waals surface area contributed by atoms with Crippen molar-refractivity contribution in [2.24, 2.45) is 11.8 Å². The number of piperidine rings is 2. The van der Waals surface area contributed by atoms with E-state index in [1.165, 1.54) is 0 Å². The number of nitrogens with zero attached hydrogens (tertiary/aromatic N) is 2. The van der Waals surface area contributed by atoms with Crippen molar-refractivity contribution < 1.29 is 47.6 Å². The summed E-state index contributed by atoms with van der Waals surface area (Å²) in [7, 11) is 0. The van der Waals surface area contributed by atoms with Crippen molar-refractivity contribution >= 4 is 24.1 Å². The molecule has 0 radical (unpaired) electrons. The molecule has 2 heterocycles. The van der Waals surface area contributed by atoms with Gasteiger partial charge in [0.15, 0.2) is 0 Å². The first kappa shape index (κ1) is 34.8. The number of carbonyl (C=O) groups excluding carboxylic acids is 4. The normalized spacial score (nSPS) is 19.5. The molecule has 2 aromatic rings. The Balaban J connectivity index is 0.939. The summed E-state index contributed by atoms with van der Waals surface area (Å²) in [5.41, 5.74) is 0. The van der Waals surface area contributed by atoms with Crippen molar-refractivity contribution in [2.45, 2.75) is 64.2 Å². The van der Waals surface area contributed by atoms with Gasteiger partial charge in [0.05, 0.1) is 11.8 Å². The summed E-state index contributed by atoms with van der Waals surface area (Å²) in [6.07, 6.45) is 7.86. The SMILES string of the molecule is O=C(Oc1ccc(OCCOC(=O)N2CCCCC2)cc1)C1CCC(C(=O)Oc2ccc(OCCOC(=O)N3CCCCC3)cc2)CC1. The van der Waals surface area contributed by atoms with Gasteiger partial charge in [-0.2, -0.15) is 0 Å². The molecule has 5 rings (SSSR count). The van der Waals surface area contributed by atoms with Crippen molar-refractivity contribution in [3.63, 3.8) is 0 Å². The molecule has 0 unspecified atom stereocenters. The fourth-order valence-electron chi connectivity index (χ4n) is 6.08. The highest BCUT2D eigenvalue weighted by atomic mass is 16.6. The van der Waals surface area contributed by atoms with E-state index in [4.69, 9.17) is 28.4 Å². The maximum atomic E-state index is 12.8. The number of ether oxygens (including phenoxy) is 6. The number of esters is 2. The molecule has 1 saturated carbocycles. The number of likely N-dealkylation sites (tertiary alicyclic amines) is 2. The minimum absolute atomic E-state index is 0.156. The molecule has 0 spiro atoms. The zero-order valence-corrected chi connectivity index (χ0v) is 27.5. The van der Waals surface area contributed by atoms with Crippen LogP contribution in [0.4, 0.5) is 9.59 Å². The highest BCUT2D eigenvalue weighted by molar-refractivity contribution is 5.78. The summed E-state index contributed by atoms with van der Waals surface area (Å²) in [5, 5.41) is 0. The smallest absolute Gasteiger partial charge is 0.409 e. The molecule has 0 N–H and O–H groups in total. The van der Waals surface area contributed by atoms with E-state index in [1.54, 1.807) is 58.3 Å². The maximum Gasteiger partial charge on any atom is 0.409 e. The van der Waals surface area contributed by atoms with Gasteiger partial charge in [0, 0.05) is 26.2 Å². The molecule has 2 saturated heterocycles. The monoisotopic (exact) mass is 666 g/mol. The van der Waals surface area contributed by atoms with Crippen LogP contribution in [0.3, 0.4) is 0 Å². The number of rotatable bonds is 12. The van der Waals surface area contributed by atoms with Gasteiger partial charge < -0.3 is 38.2 Å². The van der Waals surface area contributed by atoms with Crippen molar-refractivity contribution in [1.82, 2.24) is 9.80 Å². The molecule has 2 amide bonds. The molecular formula is C36H46N2O10. The summed E-state index contributed by atoms with van der Waals surface area (Å²) in [5.74, 6) is 0.749. The largest absolute Gasteiger partial charge is 0.490 e. The van der Waals surface area contributed by atoms with Gasteiger partial charge in [-0.15, -0.1) is 0 Å². The van der Waals surface area contributed by atoms with Crippen LogP contribution in [-0.4, -0.2) is 86.5 Å². The van der Waals surface area contributed by atoms with Crippen LogP contribution in [-0.2, 0) is 19.1 Å². The fourth-order valence-corrected chi connectivity index (χ4v) is 6.08. The Kier molecular flexibility index (Phi) is 13.2. The summed E-state index contributed by atoms with van der Waals surface area (Å²) in [6.45, 7) is 3.72. The van der Waals surface area contributed by atoms with Gasteiger partial charge in [0.25, 0.3) is 0 Å². The molecule has 12 nitrogen and oxygen atoms in total. The second kappa shape index (κ2) is 18.2. The fraction of sp³-hybridized carbons (Fsp3) is 0.556. The van der Waals surface area contributed by atoms with E-state index in [9.17, 15) is 19.2 Å². The van der Waals surface area contributed by atoms with Gasteiger partial charge in [-0.25, -0.2) is 9.59 Å². The van der Waals surface area contributed by atoms with Gasteiger partial charge in [0.2, 0.25) is 0 Å². The molecule has 1 aliphatic carbocycles. The first-order valence-electron chi connectivity index (χ1n) is 17.2. The third-order valence-electron chi connectivity index (χ3n) is 8.86. The minimum atomic E-state index is -0.322. The van der Waals surface area contributed by atoms with Gasteiger partial charge in [-0.1, -0.05) is 0 Å². The third kappa shape index (κ3) is 10.8. The number of hydrogen-bond acceptors (Lipinski definition) is 10. The zero-order chi connectivity index (χ0) is 33.6. The van der Waals surface area contributed by atoms with Crippen molar-refractivity contribution in [3.8, 4) is 23.0 Å². The van der Waals surface area contributed by atoms with Gasteiger partial charge in [-0.05, 0) is 113 Å². The van der Waals surface area contributed by atoms with Crippen LogP contribution in [0.5, 0.6) is 23.0 Å². The predicted molar refractivity (Wildman–Crippen MR) is 174 cm³/mol. The lowest BCUT2D eigenvalue weighted by atomic mass is 9.82. The summed E-state index contributed by atoms with van der Waals surface area (Å²) in [6, 6.07) is 13.5. The van der Waals surface area contributed by atoms with E-state index in [-0.39, 0.29) is 62.4 Å². The van der Waals surface area contributed by atoms with Crippen LogP contribution < -0.4 is 18.9 Å². The molecule has 0 bridgehead atoms. The lowest BCUT2D eigenvalue weighted by Crippen LogP contribution is -2.36. The topological polar surface area (TPSA) is 130 Å². The molecule has 2 aromatic carbocycles. The van der Waals surface area contributed by atoms with E-state index in [2.05, 4.69) is 0 Å². The van der Waals surface area contributed by atoms with E-state index in [0.717, 1.165) is 64.7 Å². The van der Waals surface area contributed by atoms with Crippen LogP contribution >= 0.6 is 0 Å². The first-order valence-corrected chi connectivity index (χ1v) is 17.2. The van der Waals surface area contributed by atoms with E-state index < -0.39 is 0 Å². The Morgan fingerprint density at radius 1 is 0.479 bits per heavy atom. The molecular weight excluding hydrogens is 620 g/mol. The Morgan fingerprint density at radius 3 is 1.17 bits per heavy atom. The van der Waals surface area contributed by atoms with E-state index >= 15 is 0 Å². The second-order valence-corrected chi connectivity index (χ2v) is 12.4. The highest BCUT2D eigenvalue weighted by Crippen LogP contribution is 2.32. The number of carbonyl (C=O) groups is 4. The van der Waals surface area contributed by atoms with Gasteiger partial charge in [0.1, 0.15) is 49.4 Å².